The molecular weight excluding hydrogens is 331 g/mol. The number of hydrogen-bond acceptors (Lipinski definition) is 4. The first-order chi connectivity index (χ1) is 11.2. The van der Waals surface area contributed by atoms with E-state index in [1.54, 1.807) is 0 Å². The summed E-state index contributed by atoms with van der Waals surface area (Å²) >= 11 is 0. The van der Waals surface area contributed by atoms with Crippen LogP contribution in [0.4, 0.5) is 0 Å². The first kappa shape index (κ1) is 24.7. The van der Waals surface area contributed by atoms with Gasteiger partial charge in [0.2, 0.25) is 0 Å². The Hall–Kier alpha value is -0.318. The van der Waals surface area contributed by atoms with Crippen LogP contribution < -0.4 is 0 Å². The van der Waals surface area contributed by atoms with Gasteiger partial charge in [-0.2, -0.15) is 0 Å². The minimum Gasteiger partial charge on any atom is -0.532 e. The lowest BCUT2D eigenvalue weighted by atomic mass is 9.77. The quantitative estimate of drug-likeness (QED) is 0.319. The molecule has 0 fully saturated rings. The Kier molecular flexibility index (Phi) is 10.0. The van der Waals surface area contributed by atoms with Crippen molar-refractivity contribution in [3.8, 4) is 11.7 Å². The highest BCUT2D eigenvalue weighted by Crippen LogP contribution is 2.36. The second-order valence-corrected chi connectivity index (χ2v) is 13.7. The third-order valence-corrected chi connectivity index (χ3v) is 8.67. The summed E-state index contributed by atoms with van der Waals surface area (Å²) in [5, 5.41) is 0.205. The predicted octanol–water partition coefficient (Wildman–Crippen LogP) is 5.15. The van der Waals surface area contributed by atoms with Crippen molar-refractivity contribution in [1.82, 2.24) is 0 Å². The molecule has 0 aromatic carbocycles. The molecule has 0 aliphatic heterocycles. The molecule has 0 atom stereocenters. The monoisotopic (exact) mass is 371 g/mol. The molecule has 0 unspecified atom stereocenters. The lowest BCUT2D eigenvalue weighted by molar-refractivity contribution is 0.0163. The number of hydrogen-bond donors (Lipinski definition) is 0. The van der Waals surface area contributed by atoms with E-state index < -0.39 is 15.1 Å². The van der Waals surface area contributed by atoms with Crippen LogP contribution in [-0.4, -0.2) is 40.0 Å². The Morgan fingerprint density at radius 2 is 1.24 bits per heavy atom. The van der Waals surface area contributed by atoms with Crippen LogP contribution in [0.15, 0.2) is 0 Å². The van der Waals surface area contributed by atoms with E-state index in [9.17, 15) is 0 Å². The number of rotatable bonds is 9. The van der Waals surface area contributed by atoms with Crippen LogP contribution >= 0.6 is 0 Å². The maximum Gasteiger partial charge on any atom is 0.457 e. The molecule has 0 amide bonds. The van der Waals surface area contributed by atoms with Gasteiger partial charge >= 0.3 is 6.75 Å². The summed E-state index contributed by atoms with van der Waals surface area (Å²) in [4.78, 5) is 0. The molecule has 0 saturated heterocycles. The molecule has 6 heteroatoms. The second kappa shape index (κ2) is 10.1. The van der Waals surface area contributed by atoms with E-state index in [-0.39, 0.29) is 23.4 Å². The van der Waals surface area contributed by atoms with Crippen molar-refractivity contribution >= 4 is 15.1 Å². The predicted molar refractivity (Wildman–Crippen MR) is 110 cm³/mol. The van der Waals surface area contributed by atoms with Gasteiger partial charge in [0.1, 0.15) is 0 Å². The second-order valence-electron chi connectivity index (χ2n) is 8.88. The van der Waals surface area contributed by atoms with Crippen LogP contribution in [0.5, 0.6) is 0 Å². The Morgan fingerprint density at radius 1 is 0.840 bits per heavy atom. The average Bonchev–Trinajstić information content (AvgIpc) is 2.33. The highest BCUT2D eigenvalue weighted by Gasteiger charge is 2.36. The van der Waals surface area contributed by atoms with E-state index in [1.807, 2.05) is 41.5 Å². The highest BCUT2D eigenvalue weighted by molar-refractivity contribution is 6.74. The zero-order valence-electron chi connectivity index (χ0n) is 18.4. The molecule has 0 aliphatic rings. The zero-order chi connectivity index (χ0) is 19.9. The van der Waals surface area contributed by atoms with Crippen molar-refractivity contribution in [2.45, 2.75) is 105 Å². The highest BCUT2D eigenvalue weighted by atomic mass is 28.4. The summed E-state index contributed by atoms with van der Waals surface area (Å²) in [7, 11) is -1.74. The van der Waals surface area contributed by atoms with Gasteiger partial charge in [0, 0.05) is 31.3 Å². The van der Waals surface area contributed by atoms with Crippen molar-refractivity contribution in [2.24, 2.45) is 0 Å². The van der Waals surface area contributed by atoms with Crippen LogP contribution in [-0.2, 0) is 18.4 Å². The van der Waals surface area contributed by atoms with E-state index in [2.05, 4.69) is 45.6 Å². The summed E-state index contributed by atoms with van der Waals surface area (Å²) in [6.45, 7) is 21.5. The van der Waals surface area contributed by atoms with Gasteiger partial charge in [-0.05, 0) is 59.7 Å². The molecule has 0 N–H and O–H groups in total. The maximum absolute atomic E-state index is 6.17. The minimum atomic E-state index is -2.09. The summed E-state index contributed by atoms with van der Waals surface area (Å²) in [5.74, 6) is 6.30. The summed E-state index contributed by atoms with van der Waals surface area (Å²) in [5.41, 5.74) is 0. The van der Waals surface area contributed by atoms with E-state index in [1.165, 1.54) is 0 Å². The smallest absolute Gasteiger partial charge is 0.457 e. The van der Waals surface area contributed by atoms with E-state index in [4.69, 9.17) is 18.4 Å². The van der Waals surface area contributed by atoms with Gasteiger partial charge in [0.15, 0.2) is 8.32 Å². The van der Waals surface area contributed by atoms with Crippen LogP contribution in [0, 0.1) is 11.7 Å². The fourth-order valence-electron chi connectivity index (χ4n) is 2.04. The van der Waals surface area contributed by atoms with Gasteiger partial charge < -0.3 is 18.4 Å². The molecule has 0 spiro atoms. The van der Waals surface area contributed by atoms with Crippen molar-refractivity contribution in [2.75, 3.05) is 6.61 Å². The molecule has 148 valence electrons. The van der Waals surface area contributed by atoms with Crippen molar-refractivity contribution < 1.29 is 18.4 Å². The normalized spacial score (nSPS) is 13.5. The molecule has 0 aliphatic carbocycles. The van der Waals surface area contributed by atoms with Gasteiger partial charge in [-0.15, -0.1) is 5.92 Å². The van der Waals surface area contributed by atoms with Crippen LogP contribution in [0.1, 0.15) is 68.7 Å². The Bertz CT molecular complexity index is 418. The SMILES string of the molecule is CC(C)O[B-](C#CCCO[Si](C)(C)C(C)(C)C)(OC(C)C)OC(C)C. The zero-order valence-corrected chi connectivity index (χ0v) is 19.4. The Labute approximate surface area is 157 Å². The summed E-state index contributed by atoms with van der Waals surface area (Å²) in [6, 6.07) is 0. The third-order valence-electron chi connectivity index (χ3n) is 4.13. The maximum atomic E-state index is 6.17. The van der Waals surface area contributed by atoms with Crippen molar-refractivity contribution in [3.05, 3.63) is 0 Å². The van der Waals surface area contributed by atoms with Crippen molar-refractivity contribution in [1.29, 1.82) is 0 Å². The van der Waals surface area contributed by atoms with Gasteiger partial charge in [-0.25, -0.2) is 5.82 Å². The topological polar surface area (TPSA) is 36.9 Å². The fraction of sp³-hybridized carbons (Fsp3) is 0.895. The van der Waals surface area contributed by atoms with Gasteiger partial charge in [0.05, 0.1) is 0 Å². The lowest BCUT2D eigenvalue weighted by Crippen LogP contribution is -2.50. The first-order valence-corrected chi connectivity index (χ1v) is 12.4. The van der Waals surface area contributed by atoms with Crippen LogP contribution in [0.2, 0.25) is 18.1 Å². The minimum absolute atomic E-state index is 0.0321. The largest absolute Gasteiger partial charge is 0.532 e. The average molecular weight is 371 g/mol. The Balaban J connectivity index is 5.05. The van der Waals surface area contributed by atoms with Crippen molar-refractivity contribution in [3.63, 3.8) is 0 Å². The Morgan fingerprint density at radius 3 is 1.56 bits per heavy atom. The molecule has 0 aromatic heterocycles. The van der Waals surface area contributed by atoms with E-state index >= 15 is 0 Å². The molecular formula is C19H40BO4Si-. The van der Waals surface area contributed by atoms with Gasteiger partial charge in [0.25, 0.3) is 0 Å². The molecule has 0 heterocycles. The standard InChI is InChI=1S/C19H40BO4Si/c1-16(2)22-20(23-17(3)4,24-18(5)6)14-12-13-15-21-25(10,11)19(7,8)9/h16-18H,13,15H2,1-11H3/q-1. The molecule has 0 bridgehead atoms. The summed E-state index contributed by atoms with van der Waals surface area (Å²) < 4.78 is 24.1. The molecule has 0 aromatic rings. The van der Waals surface area contributed by atoms with Gasteiger partial charge in [-0.3, -0.25) is 0 Å². The van der Waals surface area contributed by atoms with Gasteiger partial charge in [-0.1, -0.05) is 20.8 Å². The molecule has 4 nitrogen and oxygen atoms in total. The lowest BCUT2D eigenvalue weighted by Gasteiger charge is -2.42. The first-order valence-electron chi connectivity index (χ1n) is 9.51. The third kappa shape index (κ3) is 9.81. The van der Waals surface area contributed by atoms with Crippen LogP contribution in [0.3, 0.4) is 0 Å². The van der Waals surface area contributed by atoms with E-state index in [0.29, 0.717) is 13.0 Å². The molecule has 25 heavy (non-hydrogen) atoms. The van der Waals surface area contributed by atoms with Crippen LogP contribution in [0.25, 0.3) is 0 Å². The molecule has 0 saturated carbocycles. The summed E-state index contributed by atoms with van der Waals surface area (Å²) in [6.07, 6.45) is 0.543. The fourth-order valence-corrected chi connectivity index (χ4v) is 3.09. The molecule has 0 rings (SSSR count). The van der Waals surface area contributed by atoms with E-state index in [0.717, 1.165) is 0 Å². The molecule has 0 radical (unpaired) electrons.